The van der Waals surface area contributed by atoms with Gasteiger partial charge in [0.2, 0.25) is 11.8 Å². The molecule has 2 aromatic carbocycles. The Labute approximate surface area is 176 Å². The minimum absolute atomic E-state index is 0.131. The number of rotatable bonds is 10. The molecule has 1 atom stereocenters. The fourth-order valence-corrected chi connectivity index (χ4v) is 3.79. The summed E-state index contributed by atoms with van der Waals surface area (Å²) < 4.78 is 13.8. The molecule has 2 aromatic rings. The minimum Gasteiger partial charge on any atom is -0.354 e. The molecule has 0 fully saturated rings. The zero-order valence-electron chi connectivity index (χ0n) is 17.3. The van der Waals surface area contributed by atoms with Gasteiger partial charge in [0.05, 0.1) is 5.75 Å². The van der Waals surface area contributed by atoms with Gasteiger partial charge in [-0.3, -0.25) is 9.59 Å². The van der Waals surface area contributed by atoms with Crippen LogP contribution in [0.3, 0.4) is 0 Å². The van der Waals surface area contributed by atoms with Gasteiger partial charge in [-0.15, -0.1) is 11.8 Å². The first kappa shape index (κ1) is 22.9. The van der Waals surface area contributed by atoms with Crippen molar-refractivity contribution in [2.75, 3.05) is 12.3 Å². The van der Waals surface area contributed by atoms with E-state index in [1.807, 2.05) is 38.1 Å². The second kappa shape index (κ2) is 11.6. The largest absolute Gasteiger partial charge is 0.354 e. The molecule has 29 heavy (non-hydrogen) atoms. The molecule has 0 aromatic heterocycles. The van der Waals surface area contributed by atoms with Crippen molar-refractivity contribution in [1.82, 2.24) is 10.2 Å². The minimum atomic E-state index is -0.581. The third kappa shape index (κ3) is 6.89. The number of nitrogens with zero attached hydrogens (tertiary/aromatic N) is 1. The molecular weight excluding hydrogens is 387 g/mol. The van der Waals surface area contributed by atoms with Gasteiger partial charge in [-0.05, 0) is 43.0 Å². The van der Waals surface area contributed by atoms with Gasteiger partial charge in [-0.1, -0.05) is 49.4 Å². The van der Waals surface area contributed by atoms with E-state index in [1.54, 1.807) is 30.0 Å². The first-order valence-electron chi connectivity index (χ1n) is 9.86. The highest BCUT2D eigenvalue weighted by Gasteiger charge is 2.26. The lowest BCUT2D eigenvalue weighted by Crippen LogP contribution is -2.48. The molecule has 0 heterocycles. The maximum absolute atomic E-state index is 13.8. The first-order valence-corrected chi connectivity index (χ1v) is 11.0. The van der Waals surface area contributed by atoms with Crippen LogP contribution in [0.5, 0.6) is 0 Å². The Morgan fingerprint density at radius 3 is 2.41 bits per heavy atom. The van der Waals surface area contributed by atoms with E-state index in [4.69, 9.17) is 0 Å². The van der Waals surface area contributed by atoms with Gasteiger partial charge >= 0.3 is 0 Å². The van der Waals surface area contributed by atoms with Gasteiger partial charge in [0, 0.05) is 18.8 Å². The summed E-state index contributed by atoms with van der Waals surface area (Å²) in [6.07, 6.45) is 0.836. The monoisotopic (exact) mass is 416 g/mol. The third-order valence-corrected chi connectivity index (χ3v) is 5.73. The Morgan fingerprint density at radius 1 is 1.10 bits per heavy atom. The molecule has 0 saturated carbocycles. The van der Waals surface area contributed by atoms with E-state index in [1.165, 1.54) is 17.8 Å². The van der Waals surface area contributed by atoms with E-state index in [0.29, 0.717) is 24.4 Å². The van der Waals surface area contributed by atoms with Crippen LogP contribution in [0.1, 0.15) is 37.0 Å². The first-order chi connectivity index (χ1) is 13.9. The number of halogens is 1. The van der Waals surface area contributed by atoms with Crippen LogP contribution < -0.4 is 5.32 Å². The molecule has 1 unspecified atom stereocenters. The summed E-state index contributed by atoms with van der Waals surface area (Å²) in [5.41, 5.74) is 2.66. The predicted octanol–water partition coefficient (Wildman–Crippen LogP) is 4.31. The molecule has 0 spiro atoms. The van der Waals surface area contributed by atoms with Crippen molar-refractivity contribution in [2.24, 2.45) is 0 Å². The molecule has 2 rings (SSSR count). The Morgan fingerprint density at radius 2 is 1.76 bits per heavy atom. The summed E-state index contributed by atoms with van der Waals surface area (Å²) in [4.78, 5) is 27.1. The molecule has 6 heteroatoms. The quantitative estimate of drug-likeness (QED) is 0.628. The Kier molecular flexibility index (Phi) is 9.19. The Hall–Kier alpha value is -2.34. The number of amides is 2. The summed E-state index contributed by atoms with van der Waals surface area (Å²) >= 11 is 1.36. The molecule has 4 nitrogen and oxygen atoms in total. The number of nitrogens with one attached hydrogen (secondary N) is 1. The van der Waals surface area contributed by atoms with Gasteiger partial charge in [0.15, 0.2) is 0 Å². The van der Waals surface area contributed by atoms with Crippen LogP contribution in [0.2, 0.25) is 0 Å². The fraction of sp³-hybridized carbons (Fsp3) is 0.391. The molecule has 0 bridgehead atoms. The number of hydrogen-bond acceptors (Lipinski definition) is 3. The summed E-state index contributed by atoms with van der Waals surface area (Å²) in [5.74, 6) is 0.0386. The number of hydrogen-bond donors (Lipinski definition) is 1. The molecule has 0 saturated heterocycles. The van der Waals surface area contributed by atoms with Crippen molar-refractivity contribution < 1.29 is 14.0 Å². The van der Waals surface area contributed by atoms with E-state index in [9.17, 15) is 14.0 Å². The highest BCUT2D eigenvalue weighted by molar-refractivity contribution is 7.99. The maximum Gasteiger partial charge on any atom is 0.242 e. The van der Waals surface area contributed by atoms with Gasteiger partial charge in [0.25, 0.3) is 0 Å². The van der Waals surface area contributed by atoms with Crippen LogP contribution in [0.4, 0.5) is 4.39 Å². The predicted molar refractivity (Wildman–Crippen MR) is 117 cm³/mol. The average molecular weight is 417 g/mol. The van der Waals surface area contributed by atoms with Crippen LogP contribution in [0, 0.1) is 12.7 Å². The zero-order chi connectivity index (χ0) is 21.2. The van der Waals surface area contributed by atoms with Crippen LogP contribution in [-0.2, 0) is 21.9 Å². The summed E-state index contributed by atoms with van der Waals surface area (Å²) in [6, 6.07) is 13.8. The molecule has 1 N–H and O–H groups in total. The lowest BCUT2D eigenvalue weighted by Gasteiger charge is -2.29. The second-order valence-corrected chi connectivity index (χ2v) is 7.98. The molecule has 0 radical (unpaired) electrons. The van der Waals surface area contributed by atoms with Gasteiger partial charge in [-0.2, -0.15) is 0 Å². The van der Waals surface area contributed by atoms with Crippen LogP contribution in [0.25, 0.3) is 0 Å². The lowest BCUT2D eigenvalue weighted by atomic mass is 10.1. The van der Waals surface area contributed by atoms with E-state index in [-0.39, 0.29) is 23.4 Å². The van der Waals surface area contributed by atoms with Gasteiger partial charge in [0.1, 0.15) is 11.9 Å². The molecule has 0 aliphatic carbocycles. The Bertz CT molecular complexity index is 828. The lowest BCUT2D eigenvalue weighted by molar-refractivity contribution is -0.138. The molecule has 0 aliphatic rings. The van der Waals surface area contributed by atoms with Crippen molar-refractivity contribution in [3.05, 3.63) is 71.0 Å². The standard InChI is InChI=1S/C23H29FN2O2S/c1-4-13-25-23(28)18(3)26(14-19-10-6-5-9-17(19)2)22(27)16-29-15-20-11-7-8-12-21(20)24/h5-12,18H,4,13-16H2,1-3H3,(H,25,28). The summed E-state index contributed by atoms with van der Waals surface area (Å²) in [6.45, 7) is 6.68. The van der Waals surface area contributed by atoms with E-state index >= 15 is 0 Å². The van der Waals surface area contributed by atoms with Crippen LogP contribution in [-0.4, -0.2) is 35.1 Å². The molecule has 0 aliphatic heterocycles. The third-order valence-electron chi connectivity index (χ3n) is 4.76. The SMILES string of the molecule is CCCNC(=O)C(C)N(Cc1ccccc1C)C(=O)CSCc1ccccc1F. The van der Waals surface area contributed by atoms with Crippen molar-refractivity contribution in [3.63, 3.8) is 0 Å². The number of carbonyl (C=O) groups excluding carboxylic acids is 2. The van der Waals surface area contributed by atoms with E-state index < -0.39 is 6.04 Å². The van der Waals surface area contributed by atoms with Crippen molar-refractivity contribution >= 4 is 23.6 Å². The normalized spacial score (nSPS) is 11.7. The topological polar surface area (TPSA) is 49.4 Å². The van der Waals surface area contributed by atoms with Crippen LogP contribution >= 0.6 is 11.8 Å². The fourth-order valence-electron chi connectivity index (χ4n) is 2.90. The average Bonchev–Trinajstić information content (AvgIpc) is 2.72. The molecule has 156 valence electrons. The van der Waals surface area contributed by atoms with Crippen molar-refractivity contribution in [1.29, 1.82) is 0 Å². The van der Waals surface area contributed by atoms with Crippen molar-refractivity contribution in [3.8, 4) is 0 Å². The van der Waals surface area contributed by atoms with Gasteiger partial charge in [-0.25, -0.2) is 4.39 Å². The number of aryl methyl sites for hydroxylation is 1. The van der Waals surface area contributed by atoms with Crippen molar-refractivity contribution in [2.45, 2.75) is 45.5 Å². The Balaban J connectivity index is 2.08. The second-order valence-electron chi connectivity index (χ2n) is 7.00. The molecule has 2 amide bonds. The highest BCUT2D eigenvalue weighted by atomic mass is 32.2. The smallest absolute Gasteiger partial charge is 0.242 e. The summed E-state index contributed by atoms with van der Waals surface area (Å²) in [5, 5.41) is 2.87. The molecular formula is C23H29FN2O2S. The highest BCUT2D eigenvalue weighted by Crippen LogP contribution is 2.18. The maximum atomic E-state index is 13.8. The number of thioether (sulfide) groups is 1. The van der Waals surface area contributed by atoms with E-state index in [2.05, 4.69) is 5.32 Å². The van der Waals surface area contributed by atoms with Crippen LogP contribution in [0.15, 0.2) is 48.5 Å². The van der Waals surface area contributed by atoms with E-state index in [0.717, 1.165) is 17.5 Å². The zero-order valence-corrected chi connectivity index (χ0v) is 18.1. The number of carbonyl (C=O) groups is 2. The summed E-state index contributed by atoms with van der Waals surface area (Å²) in [7, 11) is 0. The number of benzene rings is 2. The van der Waals surface area contributed by atoms with Gasteiger partial charge < -0.3 is 10.2 Å².